The summed E-state index contributed by atoms with van der Waals surface area (Å²) in [6, 6.07) is 22.0. The lowest BCUT2D eigenvalue weighted by atomic mass is 10.00. The Hall–Kier alpha value is -4.19. The van der Waals surface area contributed by atoms with E-state index in [4.69, 9.17) is 0 Å². The highest BCUT2D eigenvalue weighted by Gasteiger charge is 2.27. The number of para-hydroxylation sites is 1. The van der Waals surface area contributed by atoms with Gasteiger partial charge in [-0.25, -0.2) is 0 Å². The molecule has 3 heterocycles. The molecule has 2 amide bonds. The van der Waals surface area contributed by atoms with Crippen molar-refractivity contribution in [1.29, 1.82) is 0 Å². The standard InChI is InChI=1S/C28H24N4O2/c33-26(17-20-18-30-25-10-4-3-8-22(20)25)31-12-14-32(15-13-31)28(34)24-16-19-6-1-2-7-21(19)23-9-5-11-29-27(23)24/h1-11,16,18,30H,12-15,17H2. The number of amides is 2. The van der Waals surface area contributed by atoms with E-state index in [-0.39, 0.29) is 11.8 Å². The minimum atomic E-state index is -0.0295. The quantitative estimate of drug-likeness (QED) is 0.416. The van der Waals surface area contributed by atoms with Gasteiger partial charge in [0.15, 0.2) is 0 Å². The van der Waals surface area contributed by atoms with Gasteiger partial charge >= 0.3 is 0 Å². The van der Waals surface area contributed by atoms with Crippen LogP contribution in [-0.2, 0) is 11.2 Å². The number of nitrogens with zero attached hydrogens (tertiary/aromatic N) is 3. The van der Waals surface area contributed by atoms with Crippen molar-refractivity contribution in [3.63, 3.8) is 0 Å². The van der Waals surface area contributed by atoms with Crippen LogP contribution in [0.15, 0.2) is 79.1 Å². The Morgan fingerprint density at radius 3 is 2.38 bits per heavy atom. The number of aromatic nitrogens is 2. The van der Waals surface area contributed by atoms with Gasteiger partial charge in [0.2, 0.25) is 5.91 Å². The zero-order valence-corrected chi connectivity index (χ0v) is 18.7. The maximum Gasteiger partial charge on any atom is 0.256 e. The van der Waals surface area contributed by atoms with Crippen molar-refractivity contribution in [2.24, 2.45) is 0 Å². The average Bonchev–Trinajstić information content (AvgIpc) is 3.30. The van der Waals surface area contributed by atoms with Crippen LogP contribution >= 0.6 is 0 Å². The molecular weight excluding hydrogens is 424 g/mol. The molecule has 168 valence electrons. The first-order valence-electron chi connectivity index (χ1n) is 11.6. The van der Waals surface area contributed by atoms with Crippen molar-refractivity contribution in [2.75, 3.05) is 26.2 Å². The number of rotatable bonds is 3. The lowest BCUT2D eigenvalue weighted by molar-refractivity contribution is -0.131. The second-order valence-electron chi connectivity index (χ2n) is 8.75. The molecule has 6 rings (SSSR count). The van der Waals surface area contributed by atoms with Crippen molar-refractivity contribution in [3.05, 3.63) is 90.3 Å². The molecule has 0 aliphatic carbocycles. The molecule has 1 aliphatic rings. The molecule has 0 spiro atoms. The topological polar surface area (TPSA) is 69.3 Å². The smallest absolute Gasteiger partial charge is 0.256 e. The molecule has 34 heavy (non-hydrogen) atoms. The van der Waals surface area contributed by atoms with Gasteiger partial charge in [-0.1, -0.05) is 48.5 Å². The zero-order valence-electron chi connectivity index (χ0n) is 18.7. The Kier molecular flexibility index (Phi) is 4.99. The number of carbonyl (C=O) groups is 2. The third-order valence-corrected chi connectivity index (χ3v) is 6.78. The van der Waals surface area contributed by atoms with Crippen molar-refractivity contribution < 1.29 is 9.59 Å². The fourth-order valence-corrected chi connectivity index (χ4v) is 4.97. The Labute approximate surface area is 196 Å². The van der Waals surface area contributed by atoms with Gasteiger partial charge in [-0.15, -0.1) is 0 Å². The van der Waals surface area contributed by atoms with Crippen molar-refractivity contribution in [2.45, 2.75) is 6.42 Å². The van der Waals surface area contributed by atoms with Crippen LogP contribution in [0.1, 0.15) is 15.9 Å². The Morgan fingerprint density at radius 2 is 1.53 bits per heavy atom. The van der Waals surface area contributed by atoms with E-state index in [1.165, 1.54) is 0 Å². The molecule has 0 atom stereocenters. The van der Waals surface area contributed by atoms with Gasteiger partial charge in [0, 0.05) is 54.9 Å². The van der Waals surface area contributed by atoms with Gasteiger partial charge in [-0.2, -0.15) is 0 Å². The summed E-state index contributed by atoms with van der Waals surface area (Å²) in [4.78, 5) is 38.0. The molecule has 1 saturated heterocycles. The SMILES string of the molecule is O=C(Cc1c[nH]c2ccccc12)N1CCN(C(=O)c2cc3ccccc3c3cccnc23)CC1. The van der Waals surface area contributed by atoms with E-state index in [0.717, 1.165) is 38.1 Å². The van der Waals surface area contributed by atoms with E-state index in [1.54, 1.807) is 6.20 Å². The molecule has 0 radical (unpaired) electrons. The average molecular weight is 449 g/mol. The fraction of sp³-hybridized carbons (Fsp3) is 0.179. The van der Waals surface area contributed by atoms with E-state index in [2.05, 4.69) is 16.0 Å². The lowest BCUT2D eigenvalue weighted by Crippen LogP contribution is -2.51. The highest BCUT2D eigenvalue weighted by atomic mass is 16.2. The van der Waals surface area contributed by atoms with E-state index in [1.807, 2.05) is 76.7 Å². The molecule has 1 N–H and O–H groups in total. The fourth-order valence-electron chi connectivity index (χ4n) is 4.97. The first kappa shape index (κ1) is 20.4. The molecule has 0 unspecified atom stereocenters. The van der Waals surface area contributed by atoms with Crippen LogP contribution < -0.4 is 0 Å². The van der Waals surface area contributed by atoms with Crippen molar-refractivity contribution in [1.82, 2.24) is 19.8 Å². The number of aromatic amines is 1. The summed E-state index contributed by atoms with van der Waals surface area (Å²) in [5.41, 5.74) is 3.39. The maximum atomic E-state index is 13.5. The van der Waals surface area contributed by atoms with E-state index in [9.17, 15) is 9.59 Å². The predicted octanol–water partition coefficient (Wildman–Crippen LogP) is 4.40. The van der Waals surface area contributed by atoms with Crippen molar-refractivity contribution in [3.8, 4) is 0 Å². The third-order valence-electron chi connectivity index (χ3n) is 6.78. The van der Waals surface area contributed by atoms with Crippen LogP contribution in [-0.4, -0.2) is 57.8 Å². The highest BCUT2D eigenvalue weighted by Crippen LogP contribution is 2.28. The monoisotopic (exact) mass is 448 g/mol. The number of carbonyl (C=O) groups excluding carboxylic acids is 2. The minimum Gasteiger partial charge on any atom is -0.361 e. The summed E-state index contributed by atoms with van der Waals surface area (Å²) in [6.45, 7) is 2.09. The van der Waals surface area contributed by atoms with Gasteiger partial charge in [-0.05, 0) is 34.5 Å². The maximum absolute atomic E-state index is 13.5. The second kappa shape index (κ2) is 8.30. The van der Waals surface area contributed by atoms with Crippen LogP contribution in [0.4, 0.5) is 0 Å². The number of benzene rings is 3. The van der Waals surface area contributed by atoms with Crippen LogP contribution in [0.3, 0.4) is 0 Å². The molecule has 5 aromatic rings. The summed E-state index contributed by atoms with van der Waals surface area (Å²) in [5, 5.41) is 4.19. The molecule has 2 aromatic heterocycles. The number of nitrogens with one attached hydrogen (secondary N) is 1. The largest absolute Gasteiger partial charge is 0.361 e. The Balaban J connectivity index is 1.19. The van der Waals surface area contributed by atoms with Gasteiger partial charge < -0.3 is 14.8 Å². The van der Waals surface area contributed by atoms with E-state index >= 15 is 0 Å². The van der Waals surface area contributed by atoms with Crippen LogP contribution in [0.25, 0.3) is 32.6 Å². The highest BCUT2D eigenvalue weighted by molar-refractivity contribution is 6.15. The van der Waals surface area contributed by atoms with Crippen molar-refractivity contribution >= 4 is 44.4 Å². The number of pyridine rings is 1. The summed E-state index contributed by atoms with van der Waals surface area (Å²) in [6.07, 6.45) is 4.01. The van der Waals surface area contributed by atoms with Gasteiger partial charge in [-0.3, -0.25) is 14.6 Å². The molecule has 6 heteroatoms. The third kappa shape index (κ3) is 3.48. The van der Waals surface area contributed by atoms with Crippen LogP contribution in [0, 0.1) is 0 Å². The van der Waals surface area contributed by atoms with Crippen LogP contribution in [0.5, 0.6) is 0 Å². The number of piperazine rings is 1. The Bertz CT molecular complexity index is 1550. The Morgan fingerprint density at radius 1 is 0.824 bits per heavy atom. The van der Waals surface area contributed by atoms with E-state index < -0.39 is 0 Å². The summed E-state index contributed by atoms with van der Waals surface area (Å²) < 4.78 is 0. The normalized spacial score (nSPS) is 14.2. The van der Waals surface area contributed by atoms with Gasteiger partial charge in [0.05, 0.1) is 17.5 Å². The molecule has 0 saturated carbocycles. The van der Waals surface area contributed by atoms with Gasteiger partial charge in [0.1, 0.15) is 0 Å². The number of hydrogen-bond donors (Lipinski definition) is 1. The zero-order chi connectivity index (χ0) is 23.1. The summed E-state index contributed by atoms with van der Waals surface area (Å²) in [7, 11) is 0. The number of fused-ring (bicyclic) bond motifs is 4. The number of H-pyrrole nitrogens is 1. The molecule has 1 fully saturated rings. The second-order valence-corrected chi connectivity index (χ2v) is 8.75. The molecule has 6 nitrogen and oxygen atoms in total. The first-order chi connectivity index (χ1) is 16.7. The lowest BCUT2D eigenvalue weighted by Gasteiger charge is -2.35. The van der Waals surface area contributed by atoms with Crippen LogP contribution in [0.2, 0.25) is 0 Å². The molecular formula is C28H24N4O2. The summed E-state index contributed by atoms with van der Waals surface area (Å²) >= 11 is 0. The molecule has 3 aromatic carbocycles. The predicted molar refractivity (Wildman–Crippen MR) is 134 cm³/mol. The summed E-state index contributed by atoms with van der Waals surface area (Å²) in [5.74, 6) is 0.0628. The first-order valence-corrected chi connectivity index (χ1v) is 11.6. The molecule has 0 bridgehead atoms. The van der Waals surface area contributed by atoms with Gasteiger partial charge in [0.25, 0.3) is 5.91 Å². The number of hydrogen-bond acceptors (Lipinski definition) is 3. The molecule has 1 aliphatic heterocycles. The van der Waals surface area contributed by atoms with E-state index in [0.29, 0.717) is 38.2 Å². The minimum absolute atomic E-state index is 0.0295.